The summed E-state index contributed by atoms with van der Waals surface area (Å²) in [4.78, 5) is 17.4. The Labute approximate surface area is 185 Å². The molecule has 4 heteroatoms. The first kappa shape index (κ1) is 21.1. The molecule has 1 saturated heterocycles. The fourth-order valence-corrected chi connectivity index (χ4v) is 4.13. The van der Waals surface area contributed by atoms with Crippen molar-refractivity contribution in [1.29, 1.82) is 0 Å². The van der Waals surface area contributed by atoms with Crippen molar-refractivity contribution in [1.82, 2.24) is 10.2 Å². The number of aryl methyl sites for hydroxylation is 1. The summed E-state index contributed by atoms with van der Waals surface area (Å²) < 4.78 is 0. The Morgan fingerprint density at radius 3 is 2.23 bits per heavy atom. The molecule has 1 fully saturated rings. The van der Waals surface area contributed by atoms with Crippen LogP contribution in [0.25, 0.3) is 0 Å². The summed E-state index contributed by atoms with van der Waals surface area (Å²) >= 11 is 0. The van der Waals surface area contributed by atoms with E-state index in [0.717, 1.165) is 38.3 Å². The largest absolute Gasteiger partial charge is 0.369 e. The van der Waals surface area contributed by atoms with Crippen LogP contribution >= 0.6 is 0 Å². The first-order valence-electron chi connectivity index (χ1n) is 11.0. The second-order valence-electron chi connectivity index (χ2n) is 8.35. The molecule has 0 radical (unpaired) electrons. The SMILES string of the molecule is Cc1cccc(N2CCN(Cc3ccc(C(=O)NCc4ccccc4)cc3)CC2)c1C. The van der Waals surface area contributed by atoms with E-state index in [1.165, 1.54) is 22.4 Å². The normalized spacial score (nSPS) is 14.5. The average molecular weight is 414 g/mol. The molecule has 0 aromatic heterocycles. The summed E-state index contributed by atoms with van der Waals surface area (Å²) in [5, 5.41) is 2.99. The van der Waals surface area contributed by atoms with E-state index in [1.54, 1.807) is 0 Å². The molecule has 1 amide bonds. The fourth-order valence-electron chi connectivity index (χ4n) is 4.13. The molecule has 0 aliphatic carbocycles. The number of carbonyl (C=O) groups is 1. The van der Waals surface area contributed by atoms with Gasteiger partial charge < -0.3 is 10.2 Å². The van der Waals surface area contributed by atoms with Gasteiger partial charge in [0.2, 0.25) is 0 Å². The number of nitrogens with one attached hydrogen (secondary N) is 1. The Balaban J connectivity index is 1.27. The molecule has 4 rings (SSSR count). The minimum Gasteiger partial charge on any atom is -0.369 e. The molecule has 1 heterocycles. The third-order valence-electron chi connectivity index (χ3n) is 6.21. The number of rotatable bonds is 6. The van der Waals surface area contributed by atoms with Gasteiger partial charge in [0, 0.05) is 50.5 Å². The highest BCUT2D eigenvalue weighted by Crippen LogP contribution is 2.24. The number of carbonyl (C=O) groups excluding carboxylic acids is 1. The molecular weight excluding hydrogens is 382 g/mol. The van der Waals surface area contributed by atoms with Gasteiger partial charge >= 0.3 is 0 Å². The summed E-state index contributed by atoms with van der Waals surface area (Å²) in [6.45, 7) is 10.1. The van der Waals surface area contributed by atoms with Crippen LogP contribution < -0.4 is 10.2 Å². The molecule has 1 N–H and O–H groups in total. The molecular formula is C27H31N3O. The van der Waals surface area contributed by atoms with Gasteiger partial charge in [0.25, 0.3) is 5.91 Å². The minimum absolute atomic E-state index is 0.0301. The van der Waals surface area contributed by atoms with Gasteiger partial charge in [0.05, 0.1) is 0 Å². The first-order valence-corrected chi connectivity index (χ1v) is 11.0. The fraction of sp³-hybridized carbons (Fsp3) is 0.296. The van der Waals surface area contributed by atoms with Crippen LogP contribution in [0.4, 0.5) is 5.69 Å². The topological polar surface area (TPSA) is 35.6 Å². The molecule has 0 bridgehead atoms. The number of hydrogen-bond donors (Lipinski definition) is 1. The van der Waals surface area contributed by atoms with Crippen molar-refractivity contribution in [2.75, 3.05) is 31.1 Å². The molecule has 4 nitrogen and oxygen atoms in total. The highest BCUT2D eigenvalue weighted by molar-refractivity contribution is 5.94. The quantitative estimate of drug-likeness (QED) is 0.644. The highest BCUT2D eigenvalue weighted by atomic mass is 16.1. The van der Waals surface area contributed by atoms with E-state index in [0.29, 0.717) is 12.1 Å². The zero-order valence-corrected chi connectivity index (χ0v) is 18.5. The van der Waals surface area contributed by atoms with Crippen LogP contribution in [0.2, 0.25) is 0 Å². The van der Waals surface area contributed by atoms with Crippen LogP contribution in [-0.2, 0) is 13.1 Å². The molecule has 0 atom stereocenters. The zero-order chi connectivity index (χ0) is 21.6. The third kappa shape index (κ3) is 5.33. The molecule has 3 aromatic rings. The van der Waals surface area contributed by atoms with Crippen LogP contribution in [0.3, 0.4) is 0 Å². The van der Waals surface area contributed by atoms with E-state index in [1.807, 2.05) is 42.5 Å². The maximum atomic E-state index is 12.4. The van der Waals surface area contributed by atoms with E-state index in [2.05, 4.69) is 59.3 Å². The lowest BCUT2D eigenvalue weighted by atomic mass is 10.1. The van der Waals surface area contributed by atoms with Gasteiger partial charge in [-0.2, -0.15) is 0 Å². The van der Waals surface area contributed by atoms with Crippen LogP contribution in [0.1, 0.15) is 32.6 Å². The summed E-state index contributed by atoms with van der Waals surface area (Å²) in [5.74, 6) is -0.0301. The Hall–Kier alpha value is -3.11. The third-order valence-corrected chi connectivity index (χ3v) is 6.21. The molecule has 1 aliphatic rings. The van der Waals surface area contributed by atoms with E-state index in [-0.39, 0.29) is 5.91 Å². The van der Waals surface area contributed by atoms with Crippen LogP contribution in [0.5, 0.6) is 0 Å². The van der Waals surface area contributed by atoms with Crippen molar-refractivity contribution in [3.05, 3.63) is 101 Å². The van der Waals surface area contributed by atoms with Gasteiger partial charge in [-0.3, -0.25) is 9.69 Å². The lowest BCUT2D eigenvalue weighted by Crippen LogP contribution is -2.46. The Kier molecular flexibility index (Phi) is 6.68. The van der Waals surface area contributed by atoms with Crippen LogP contribution in [0.15, 0.2) is 72.8 Å². The number of benzene rings is 3. The molecule has 0 saturated carbocycles. The number of nitrogens with zero attached hydrogens (tertiary/aromatic N) is 2. The summed E-state index contributed by atoms with van der Waals surface area (Å²) in [6, 6.07) is 24.6. The second-order valence-corrected chi connectivity index (χ2v) is 8.35. The van der Waals surface area contributed by atoms with Gasteiger partial charge in [-0.15, -0.1) is 0 Å². The standard InChI is InChI=1S/C27H31N3O/c1-21-7-6-10-26(22(21)2)30-17-15-29(16-18-30)20-24-11-13-25(14-12-24)27(31)28-19-23-8-4-3-5-9-23/h3-14H,15-20H2,1-2H3,(H,28,31). The molecule has 31 heavy (non-hydrogen) atoms. The van der Waals surface area contributed by atoms with Crippen molar-refractivity contribution in [2.24, 2.45) is 0 Å². The maximum absolute atomic E-state index is 12.4. The molecule has 0 unspecified atom stereocenters. The number of piperazine rings is 1. The minimum atomic E-state index is -0.0301. The zero-order valence-electron chi connectivity index (χ0n) is 18.5. The van der Waals surface area contributed by atoms with E-state index in [9.17, 15) is 4.79 Å². The van der Waals surface area contributed by atoms with Gasteiger partial charge in [0.1, 0.15) is 0 Å². The number of amides is 1. The predicted molar refractivity (Wildman–Crippen MR) is 127 cm³/mol. The van der Waals surface area contributed by atoms with Gasteiger partial charge in [-0.1, -0.05) is 54.6 Å². The van der Waals surface area contributed by atoms with Gasteiger partial charge in [-0.25, -0.2) is 0 Å². The van der Waals surface area contributed by atoms with Crippen LogP contribution in [0, 0.1) is 13.8 Å². The van der Waals surface area contributed by atoms with Crippen LogP contribution in [-0.4, -0.2) is 37.0 Å². The average Bonchev–Trinajstić information content (AvgIpc) is 2.81. The molecule has 160 valence electrons. The summed E-state index contributed by atoms with van der Waals surface area (Å²) in [5.41, 5.74) is 7.17. The Morgan fingerprint density at radius 2 is 1.52 bits per heavy atom. The highest BCUT2D eigenvalue weighted by Gasteiger charge is 2.19. The van der Waals surface area contributed by atoms with Crippen molar-refractivity contribution in [3.8, 4) is 0 Å². The van der Waals surface area contributed by atoms with E-state index >= 15 is 0 Å². The van der Waals surface area contributed by atoms with Crippen molar-refractivity contribution in [2.45, 2.75) is 26.9 Å². The summed E-state index contributed by atoms with van der Waals surface area (Å²) in [6.07, 6.45) is 0. The van der Waals surface area contributed by atoms with Gasteiger partial charge in [0.15, 0.2) is 0 Å². The van der Waals surface area contributed by atoms with E-state index in [4.69, 9.17) is 0 Å². The predicted octanol–water partition coefficient (Wildman–Crippen LogP) is 4.56. The lowest BCUT2D eigenvalue weighted by molar-refractivity contribution is 0.0951. The first-order chi connectivity index (χ1) is 15.1. The van der Waals surface area contributed by atoms with E-state index < -0.39 is 0 Å². The van der Waals surface area contributed by atoms with Crippen molar-refractivity contribution >= 4 is 11.6 Å². The molecule has 0 spiro atoms. The maximum Gasteiger partial charge on any atom is 0.251 e. The van der Waals surface area contributed by atoms with Crippen molar-refractivity contribution in [3.63, 3.8) is 0 Å². The van der Waals surface area contributed by atoms with Gasteiger partial charge in [-0.05, 0) is 54.3 Å². The molecule has 3 aromatic carbocycles. The summed E-state index contributed by atoms with van der Waals surface area (Å²) in [7, 11) is 0. The van der Waals surface area contributed by atoms with Crippen molar-refractivity contribution < 1.29 is 4.79 Å². The monoisotopic (exact) mass is 413 g/mol. The smallest absolute Gasteiger partial charge is 0.251 e. The Morgan fingerprint density at radius 1 is 0.806 bits per heavy atom. The number of hydrogen-bond acceptors (Lipinski definition) is 3. The Bertz CT molecular complexity index is 1010. The second kappa shape index (κ2) is 9.80. The molecule has 1 aliphatic heterocycles. The number of anilines is 1. The lowest BCUT2D eigenvalue weighted by Gasteiger charge is -2.37.